The number of fused-ring (bicyclic) bond motifs is 1. The van der Waals surface area contributed by atoms with E-state index in [-0.39, 0.29) is 0 Å². The standard InChI is InChI=1S/C14H9F2N/c15-11-5-6-12(16)14(9-11)17-8-7-10-3-1-2-4-13(10)17/h1-9H/p+1. The van der Waals surface area contributed by atoms with Gasteiger partial charge in [-0.15, -0.1) is 0 Å². The maximum atomic E-state index is 13.7. The number of hydrogen-bond donors (Lipinski definition) is 1. The molecule has 0 saturated heterocycles. The van der Waals surface area contributed by atoms with Crippen LogP contribution in [-0.2, 0) is 0 Å². The first-order valence-electron chi connectivity index (χ1n) is 5.35. The zero-order chi connectivity index (χ0) is 11.8. The Balaban J connectivity index is 2.13. The molecule has 1 unspecified atom stereocenters. The van der Waals surface area contributed by atoms with Crippen LogP contribution in [0.25, 0.3) is 6.08 Å². The molecule has 0 saturated carbocycles. The van der Waals surface area contributed by atoms with E-state index >= 15 is 0 Å². The Labute approximate surface area is 97.6 Å². The SMILES string of the molecule is Fc1ccc(F)c([NH+]2C=Cc3ccccc32)c1. The summed E-state index contributed by atoms with van der Waals surface area (Å²) in [7, 11) is 0. The van der Waals surface area contributed by atoms with Gasteiger partial charge in [-0.25, -0.2) is 13.7 Å². The van der Waals surface area contributed by atoms with E-state index in [1.54, 1.807) is 0 Å². The number of quaternary nitrogens is 1. The third kappa shape index (κ3) is 1.65. The molecule has 84 valence electrons. The summed E-state index contributed by atoms with van der Waals surface area (Å²) in [5.41, 5.74) is 2.29. The van der Waals surface area contributed by atoms with Crippen LogP contribution >= 0.6 is 0 Å². The highest BCUT2D eigenvalue weighted by Gasteiger charge is 2.24. The Morgan fingerprint density at radius 1 is 0.882 bits per heavy atom. The van der Waals surface area contributed by atoms with Gasteiger partial charge in [0.25, 0.3) is 0 Å². The Hall–Kier alpha value is -2.00. The number of halogens is 2. The van der Waals surface area contributed by atoms with Crippen molar-refractivity contribution in [2.75, 3.05) is 0 Å². The zero-order valence-electron chi connectivity index (χ0n) is 8.95. The van der Waals surface area contributed by atoms with Crippen LogP contribution in [0.5, 0.6) is 0 Å². The molecule has 1 aliphatic rings. The molecule has 1 nitrogen and oxygen atoms in total. The van der Waals surface area contributed by atoms with Crippen molar-refractivity contribution in [2.24, 2.45) is 0 Å². The summed E-state index contributed by atoms with van der Waals surface area (Å²) in [6.45, 7) is 0. The predicted octanol–water partition coefficient (Wildman–Crippen LogP) is 2.80. The Kier molecular flexibility index (Phi) is 2.27. The maximum Gasteiger partial charge on any atom is 0.184 e. The molecular weight excluding hydrogens is 220 g/mol. The Bertz CT molecular complexity index is 605. The van der Waals surface area contributed by atoms with Gasteiger partial charge in [0.2, 0.25) is 0 Å². The quantitative estimate of drug-likeness (QED) is 0.768. The van der Waals surface area contributed by atoms with Crippen LogP contribution in [0.3, 0.4) is 0 Å². The molecular formula is C14H10F2N+. The highest BCUT2D eigenvalue weighted by atomic mass is 19.1. The summed E-state index contributed by atoms with van der Waals surface area (Å²) in [6, 6.07) is 11.2. The number of hydrogen-bond acceptors (Lipinski definition) is 0. The first kappa shape index (κ1) is 10.2. The van der Waals surface area contributed by atoms with Crippen molar-refractivity contribution in [2.45, 2.75) is 0 Å². The lowest BCUT2D eigenvalue weighted by molar-refractivity contribution is -0.695. The highest BCUT2D eigenvalue weighted by Crippen LogP contribution is 2.21. The van der Waals surface area contributed by atoms with Gasteiger partial charge in [-0.3, -0.25) is 0 Å². The van der Waals surface area contributed by atoms with Crippen LogP contribution in [0.1, 0.15) is 5.56 Å². The van der Waals surface area contributed by atoms with Crippen LogP contribution in [0.2, 0.25) is 0 Å². The molecule has 0 radical (unpaired) electrons. The number of para-hydroxylation sites is 1. The lowest BCUT2D eigenvalue weighted by atomic mass is 10.2. The first-order valence-corrected chi connectivity index (χ1v) is 5.35. The molecule has 1 N–H and O–H groups in total. The Morgan fingerprint density at radius 3 is 2.59 bits per heavy atom. The third-order valence-corrected chi connectivity index (χ3v) is 2.90. The van der Waals surface area contributed by atoms with Crippen molar-refractivity contribution in [3.63, 3.8) is 0 Å². The molecule has 0 amide bonds. The van der Waals surface area contributed by atoms with Crippen LogP contribution in [0.4, 0.5) is 20.2 Å². The molecule has 0 spiro atoms. The number of benzene rings is 2. The van der Waals surface area contributed by atoms with Gasteiger partial charge < -0.3 is 0 Å². The minimum absolute atomic E-state index is 0.311. The molecule has 0 fully saturated rings. The molecule has 1 heterocycles. The van der Waals surface area contributed by atoms with Crippen molar-refractivity contribution in [3.05, 3.63) is 65.9 Å². The van der Waals surface area contributed by atoms with Crippen molar-refractivity contribution in [3.8, 4) is 0 Å². The molecule has 0 aliphatic carbocycles. The summed E-state index contributed by atoms with van der Waals surface area (Å²) in [5.74, 6) is -0.825. The van der Waals surface area contributed by atoms with E-state index in [4.69, 9.17) is 0 Å². The van der Waals surface area contributed by atoms with E-state index < -0.39 is 11.6 Å². The van der Waals surface area contributed by atoms with Crippen molar-refractivity contribution in [1.82, 2.24) is 0 Å². The van der Waals surface area contributed by atoms with Crippen LogP contribution < -0.4 is 4.90 Å². The van der Waals surface area contributed by atoms with Gasteiger partial charge in [0, 0.05) is 23.8 Å². The molecule has 2 aromatic rings. The van der Waals surface area contributed by atoms with E-state index in [0.29, 0.717) is 5.69 Å². The zero-order valence-corrected chi connectivity index (χ0v) is 8.95. The molecule has 17 heavy (non-hydrogen) atoms. The fourth-order valence-corrected chi connectivity index (χ4v) is 2.09. The fourth-order valence-electron chi connectivity index (χ4n) is 2.09. The van der Waals surface area contributed by atoms with Crippen molar-refractivity contribution in [1.29, 1.82) is 0 Å². The van der Waals surface area contributed by atoms with E-state index in [1.807, 2.05) is 36.5 Å². The molecule has 3 heteroatoms. The smallest absolute Gasteiger partial charge is 0.184 e. The molecule has 2 aromatic carbocycles. The average Bonchev–Trinajstić information content (AvgIpc) is 2.76. The monoisotopic (exact) mass is 230 g/mol. The van der Waals surface area contributed by atoms with Gasteiger partial charge in [0.15, 0.2) is 11.5 Å². The summed E-state index contributed by atoms with van der Waals surface area (Å²) in [6.07, 6.45) is 3.73. The third-order valence-electron chi connectivity index (χ3n) is 2.90. The van der Waals surface area contributed by atoms with Crippen LogP contribution in [-0.4, -0.2) is 0 Å². The summed E-state index contributed by atoms with van der Waals surface area (Å²) >= 11 is 0. The summed E-state index contributed by atoms with van der Waals surface area (Å²) < 4.78 is 26.9. The molecule has 1 aliphatic heterocycles. The predicted molar refractivity (Wildman–Crippen MR) is 62.1 cm³/mol. The van der Waals surface area contributed by atoms with Gasteiger partial charge in [-0.2, -0.15) is 0 Å². The second kappa shape index (κ2) is 3.79. The lowest BCUT2D eigenvalue weighted by Gasteiger charge is -2.11. The molecule has 3 rings (SSSR count). The molecule has 1 atom stereocenters. The first-order chi connectivity index (χ1) is 8.25. The largest absolute Gasteiger partial charge is 0.241 e. The summed E-state index contributed by atoms with van der Waals surface area (Å²) in [5, 5.41) is 0. The van der Waals surface area contributed by atoms with Crippen LogP contribution in [0, 0.1) is 11.6 Å². The Morgan fingerprint density at radius 2 is 1.71 bits per heavy atom. The number of rotatable bonds is 1. The fraction of sp³-hybridized carbons (Fsp3) is 0. The topological polar surface area (TPSA) is 4.44 Å². The van der Waals surface area contributed by atoms with Gasteiger partial charge in [-0.05, 0) is 18.2 Å². The second-order valence-electron chi connectivity index (χ2n) is 3.96. The molecule has 0 bridgehead atoms. The van der Waals surface area contributed by atoms with E-state index in [1.165, 1.54) is 6.07 Å². The van der Waals surface area contributed by atoms with Crippen molar-refractivity contribution < 1.29 is 13.7 Å². The van der Waals surface area contributed by atoms with Crippen LogP contribution in [0.15, 0.2) is 48.7 Å². The minimum atomic E-state index is -0.424. The van der Waals surface area contributed by atoms with E-state index in [9.17, 15) is 8.78 Å². The van der Waals surface area contributed by atoms with Gasteiger partial charge in [0.05, 0.1) is 0 Å². The average molecular weight is 230 g/mol. The summed E-state index contributed by atoms with van der Waals surface area (Å²) in [4.78, 5) is 0.734. The highest BCUT2D eigenvalue weighted by molar-refractivity contribution is 5.65. The number of nitrogens with one attached hydrogen (secondary N) is 1. The maximum absolute atomic E-state index is 13.7. The van der Waals surface area contributed by atoms with Gasteiger partial charge in [-0.1, -0.05) is 12.1 Å². The lowest BCUT2D eigenvalue weighted by Crippen LogP contribution is -2.96. The van der Waals surface area contributed by atoms with Gasteiger partial charge in [0.1, 0.15) is 17.7 Å². The van der Waals surface area contributed by atoms with E-state index in [2.05, 4.69) is 0 Å². The minimum Gasteiger partial charge on any atom is -0.241 e. The van der Waals surface area contributed by atoms with Crippen molar-refractivity contribution >= 4 is 17.5 Å². The second-order valence-corrected chi connectivity index (χ2v) is 3.96. The van der Waals surface area contributed by atoms with E-state index in [0.717, 1.165) is 28.3 Å². The molecule has 0 aromatic heterocycles. The normalized spacial score (nSPS) is 17.2. The van der Waals surface area contributed by atoms with Gasteiger partial charge >= 0.3 is 0 Å².